The molecular formula is C32H48N4O6S. The quantitative estimate of drug-likeness (QED) is 0.332. The number of aliphatic hydroxyl groups excluding tert-OH is 1. The minimum atomic E-state index is -4.01. The van der Waals surface area contributed by atoms with Gasteiger partial charge in [0.05, 0.1) is 30.2 Å². The fourth-order valence-electron chi connectivity index (χ4n) is 5.06. The number of aliphatic hydroxyl groups is 1. The summed E-state index contributed by atoms with van der Waals surface area (Å²) in [7, 11) is -0.519. The molecule has 238 valence electrons. The Morgan fingerprint density at radius 3 is 2.33 bits per heavy atom. The van der Waals surface area contributed by atoms with E-state index in [0.717, 1.165) is 11.1 Å². The van der Waals surface area contributed by atoms with E-state index in [-0.39, 0.29) is 49.2 Å². The molecule has 2 aromatic rings. The SMILES string of the molecule is CC(C)CN(C[C@@H](O)C(Cc1ccccc1)N(NC(=O)CN(C)C)C(=O)CC(C)(C)C)S(=O)(=O)c1ccc2c(c1)CCO2. The van der Waals surface area contributed by atoms with E-state index in [0.29, 0.717) is 18.8 Å². The van der Waals surface area contributed by atoms with Crippen molar-refractivity contribution in [2.75, 3.05) is 40.3 Å². The molecule has 2 N–H and O–H groups in total. The molecule has 11 heteroatoms. The molecule has 2 amide bonds. The van der Waals surface area contributed by atoms with Gasteiger partial charge in [-0.05, 0) is 61.2 Å². The Balaban J connectivity index is 2.02. The normalized spacial score (nSPS) is 14.9. The van der Waals surface area contributed by atoms with Crippen LogP contribution in [-0.4, -0.2) is 92.0 Å². The number of nitrogens with zero attached hydrogens (tertiary/aromatic N) is 3. The zero-order valence-electron chi connectivity index (χ0n) is 26.5. The molecule has 0 spiro atoms. The van der Waals surface area contributed by atoms with Crippen molar-refractivity contribution < 1.29 is 27.9 Å². The van der Waals surface area contributed by atoms with Crippen LogP contribution in [0.4, 0.5) is 0 Å². The molecule has 43 heavy (non-hydrogen) atoms. The van der Waals surface area contributed by atoms with Crippen LogP contribution < -0.4 is 10.2 Å². The maximum atomic E-state index is 14.0. The number of hydrazine groups is 1. The van der Waals surface area contributed by atoms with E-state index in [4.69, 9.17) is 4.74 Å². The van der Waals surface area contributed by atoms with Gasteiger partial charge in [-0.3, -0.25) is 15.0 Å². The van der Waals surface area contributed by atoms with Crippen molar-refractivity contribution in [2.24, 2.45) is 11.3 Å². The minimum absolute atomic E-state index is 0.0311. The summed E-state index contributed by atoms with van der Waals surface area (Å²) in [5, 5.41) is 13.1. The second-order valence-corrected chi connectivity index (χ2v) is 15.1. The first kappa shape index (κ1) is 34.5. The fraction of sp³-hybridized carbons (Fsp3) is 0.562. The maximum Gasteiger partial charge on any atom is 0.252 e. The molecule has 0 fully saturated rings. The Morgan fingerprint density at radius 1 is 1.05 bits per heavy atom. The second-order valence-electron chi connectivity index (χ2n) is 13.2. The van der Waals surface area contributed by atoms with Crippen LogP contribution in [0.1, 0.15) is 52.2 Å². The molecule has 1 unspecified atom stereocenters. The lowest BCUT2D eigenvalue weighted by Gasteiger charge is -2.38. The molecule has 10 nitrogen and oxygen atoms in total. The number of benzene rings is 2. The third-order valence-corrected chi connectivity index (χ3v) is 8.80. The molecule has 3 rings (SSSR count). The average Bonchev–Trinajstić information content (AvgIpc) is 3.37. The summed E-state index contributed by atoms with van der Waals surface area (Å²) >= 11 is 0. The Kier molecular flexibility index (Phi) is 11.8. The first-order valence-corrected chi connectivity index (χ1v) is 16.2. The smallest absolute Gasteiger partial charge is 0.252 e. The predicted molar refractivity (Wildman–Crippen MR) is 167 cm³/mol. The highest BCUT2D eigenvalue weighted by molar-refractivity contribution is 7.89. The lowest BCUT2D eigenvalue weighted by atomic mass is 9.91. The number of carbonyl (C=O) groups is 2. The van der Waals surface area contributed by atoms with Gasteiger partial charge in [0, 0.05) is 25.9 Å². The number of sulfonamides is 1. The number of likely N-dealkylation sites (N-methyl/N-ethyl adjacent to an activating group) is 1. The van der Waals surface area contributed by atoms with Gasteiger partial charge in [0.25, 0.3) is 5.91 Å². The van der Waals surface area contributed by atoms with Crippen LogP contribution in [0.15, 0.2) is 53.4 Å². The summed E-state index contributed by atoms with van der Waals surface area (Å²) in [5.74, 6) is -0.134. The highest BCUT2D eigenvalue weighted by Gasteiger charge is 2.37. The van der Waals surface area contributed by atoms with Gasteiger partial charge in [-0.25, -0.2) is 13.4 Å². The van der Waals surface area contributed by atoms with Crippen LogP contribution in [0.25, 0.3) is 0 Å². The number of hydrogen-bond acceptors (Lipinski definition) is 7. The van der Waals surface area contributed by atoms with Crippen molar-refractivity contribution in [3.05, 3.63) is 59.7 Å². The van der Waals surface area contributed by atoms with E-state index in [1.807, 2.05) is 65.0 Å². The number of nitrogens with one attached hydrogen (secondary N) is 1. The van der Waals surface area contributed by atoms with E-state index >= 15 is 0 Å². The minimum Gasteiger partial charge on any atom is -0.493 e. The van der Waals surface area contributed by atoms with Crippen LogP contribution in [0.2, 0.25) is 0 Å². The van der Waals surface area contributed by atoms with Gasteiger partial charge >= 0.3 is 0 Å². The molecule has 2 aromatic carbocycles. The fourth-order valence-corrected chi connectivity index (χ4v) is 6.73. The molecule has 1 aliphatic heterocycles. The van der Waals surface area contributed by atoms with Crippen LogP contribution in [-0.2, 0) is 32.5 Å². The standard InChI is InChI=1S/C32H48N4O6S/c1-23(2)20-35(43(40,41)26-13-14-29-25(18-26)15-16-42-29)21-28(37)27(17-24-11-9-8-10-12-24)36(31(39)19-32(3,4)5)33-30(38)22-34(6)7/h8-14,18,23,27-28,37H,15-17,19-22H2,1-7H3,(H,33,38)/t27?,28-/m1/s1. The molecule has 0 saturated heterocycles. The molecular weight excluding hydrogens is 568 g/mol. The number of hydrogen-bond donors (Lipinski definition) is 2. The Morgan fingerprint density at radius 2 is 1.72 bits per heavy atom. The van der Waals surface area contributed by atoms with Crippen molar-refractivity contribution in [1.82, 2.24) is 19.6 Å². The Hall–Kier alpha value is -2.99. The molecule has 0 aromatic heterocycles. The van der Waals surface area contributed by atoms with E-state index in [1.165, 1.54) is 15.4 Å². The monoisotopic (exact) mass is 616 g/mol. The molecule has 1 heterocycles. The summed E-state index contributed by atoms with van der Waals surface area (Å²) in [6.45, 7) is 10.0. The summed E-state index contributed by atoms with van der Waals surface area (Å²) in [4.78, 5) is 28.5. The summed E-state index contributed by atoms with van der Waals surface area (Å²) < 4.78 is 34.8. The molecule has 0 aliphatic carbocycles. The molecule has 2 atom stereocenters. The van der Waals surface area contributed by atoms with E-state index in [9.17, 15) is 23.1 Å². The van der Waals surface area contributed by atoms with Crippen LogP contribution >= 0.6 is 0 Å². The Labute approximate surface area is 257 Å². The lowest BCUT2D eigenvalue weighted by molar-refractivity contribution is -0.149. The van der Waals surface area contributed by atoms with Gasteiger partial charge in [-0.1, -0.05) is 65.0 Å². The van der Waals surface area contributed by atoms with Crippen LogP contribution in [0.5, 0.6) is 5.75 Å². The van der Waals surface area contributed by atoms with E-state index < -0.39 is 33.5 Å². The highest BCUT2D eigenvalue weighted by Crippen LogP contribution is 2.30. The zero-order valence-corrected chi connectivity index (χ0v) is 27.4. The summed E-state index contributed by atoms with van der Waals surface area (Å²) in [6.07, 6.45) is -0.387. The number of carbonyl (C=O) groups excluding carboxylic acids is 2. The van der Waals surface area contributed by atoms with E-state index in [1.54, 1.807) is 31.1 Å². The number of rotatable bonds is 13. The first-order valence-electron chi connectivity index (χ1n) is 14.8. The lowest BCUT2D eigenvalue weighted by Crippen LogP contribution is -2.60. The maximum absolute atomic E-state index is 14.0. The van der Waals surface area contributed by atoms with Crippen molar-refractivity contribution in [1.29, 1.82) is 0 Å². The third kappa shape index (κ3) is 10.0. The molecule has 1 aliphatic rings. The van der Waals surface area contributed by atoms with Gasteiger partial charge < -0.3 is 14.7 Å². The molecule has 0 radical (unpaired) electrons. The highest BCUT2D eigenvalue weighted by atomic mass is 32.2. The average molecular weight is 617 g/mol. The van der Waals surface area contributed by atoms with Crippen LogP contribution in [0, 0.1) is 11.3 Å². The second kappa shape index (κ2) is 14.7. The van der Waals surface area contributed by atoms with Gasteiger partial charge in [-0.15, -0.1) is 0 Å². The van der Waals surface area contributed by atoms with E-state index in [2.05, 4.69) is 5.43 Å². The zero-order chi connectivity index (χ0) is 31.9. The van der Waals surface area contributed by atoms with Crippen molar-refractivity contribution in [3.63, 3.8) is 0 Å². The predicted octanol–water partition coefficient (Wildman–Crippen LogP) is 3.10. The van der Waals surface area contributed by atoms with Crippen molar-refractivity contribution >= 4 is 21.8 Å². The first-order chi connectivity index (χ1) is 20.1. The van der Waals surface area contributed by atoms with Gasteiger partial charge in [0.2, 0.25) is 15.9 Å². The number of amides is 2. The Bertz CT molecular complexity index is 1340. The number of ether oxygens (including phenoxy) is 1. The van der Waals surface area contributed by atoms with Crippen molar-refractivity contribution in [2.45, 2.75) is 70.9 Å². The van der Waals surface area contributed by atoms with Crippen LogP contribution in [0.3, 0.4) is 0 Å². The molecule has 0 bridgehead atoms. The van der Waals surface area contributed by atoms with Crippen molar-refractivity contribution in [3.8, 4) is 5.75 Å². The number of fused-ring (bicyclic) bond motifs is 1. The summed E-state index contributed by atoms with van der Waals surface area (Å²) in [6, 6.07) is 13.2. The third-order valence-electron chi connectivity index (χ3n) is 6.98. The largest absolute Gasteiger partial charge is 0.493 e. The van der Waals surface area contributed by atoms with Gasteiger partial charge in [0.15, 0.2) is 0 Å². The topological polar surface area (TPSA) is 119 Å². The summed E-state index contributed by atoms with van der Waals surface area (Å²) in [5.41, 5.74) is 4.01. The van der Waals surface area contributed by atoms with Gasteiger partial charge in [0.1, 0.15) is 5.75 Å². The van der Waals surface area contributed by atoms with Gasteiger partial charge in [-0.2, -0.15) is 4.31 Å². The molecule has 0 saturated carbocycles.